The van der Waals surface area contributed by atoms with Crippen molar-refractivity contribution in [3.05, 3.63) is 27.6 Å². The number of carbonyl (C=O) groups is 2. The van der Waals surface area contributed by atoms with Crippen LogP contribution in [-0.4, -0.2) is 22.9 Å². The third-order valence-electron chi connectivity index (χ3n) is 3.42. The Balaban J connectivity index is 1.75. The maximum absolute atomic E-state index is 11.1. The zero-order valence-corrected chi connectivity index (χ0v) is 12.6. The van der Waals surface area contributed by atoms with Crippen LogP contribution in [0.5, 0.6) is 0 Å². The summed E-state index contributed by atoms with van der Waals surface area (Å²) in [5.74, 6) is 1.70. The number of rotatable bonds is 3. The summed E-state index contributed by atoms with van der Waals surface area (Å²) in [6.07, 6.45) is 8.15. The van der Waals surface area contributed by atoms with Crippen molar-refractivity contribution in [2.45, 2.75) is 13.3 Å². The number of hydrogen-bond acceptors (Lipinski definition) is 5. The van der Waals surface area contributed by atoms with Gasteiger partial charge >= 0.3 is 0 Å². The zero-order chi connectivity index (χ0) is 14.1. The molecule has 1 amide bonds. The maximum Gasteiger partial charge on any atom is 0.223 e. The SMILES string of the molecule is CC(=O)Nc1nc2c(s1)CC(C1C=C(C=O)SC1)C=C2. The van der Waals surface area contributed by atoms with Crippen molar-refractivity contribution in [1.82, 2.24) is 4.98 Å². The Morgan fingerprint density at radius 2 is 2.35 bits per heavy atom. The predicted octanol–water partition coefficient (Wildman–Crippen LogP) is 2.73. The number of anilines is 1. The number of nitrogens with zero attached hydrogens (tertiary/aromatic N) is 1. The number of hydrogen-bond donors (Lipinski definition) is 1. The monoisotopic (exact) mass is 306 g/mol. The van der Waals surface area contributed by atoms with Crippen LogP contribution in [0.3, 0.4) is 0 Å². The molecule has 6 heteroatoms. The Bertz CT molecular complexity index is 619. The largest absolute Gasteiger partial charge is 0.302 e. The first-order chi connectivity index (χ1) is 9.65. The lowest BCUT2D eigenvalue weighted by Gasteiger charge is -2.20. The van der Waals surface area contributed by atoms with E-state index in [1.165, 1.54) is 11.8 Å². The molecule has 1 aromatic heterocycles. The highest BCUT2D eigenvalue weighted by Gasteiger charge is 2.27. The van der Waals surface area contributed by atoms with Gasteiger partial charge in [-0.3, -0.25) is 9.59 Å². The van der Waals surface area contributed by atoms with Gasteiger partial charge < -0.3 is 5.32 Å². The standard InChI is InChI=1S/C14H14N2O2S2/c1-8(18)15-14-16-12-3-2-9(5-13(12)20-14)10-4-11(6-17)19-7-10/h2-4,6,9-10H,5,7H2,1H3,(H,15,16,18). The van der Waals surface area contributed by atoms with E-state index in [-0.39, 0.29) is 5.91 Å². The fourth-order valence-corrected chi connectivity index (χ4v) is 4.59. The molecule has 20 heavy (non-hydrogen) atoms. The van der Waals surface area contributed by atoms with E-state index in [2.05, 4.69) is 22.5 Å². The molecular weight excluding hydrogens is 292 g/mol. The van der Waals surface area contributed by atoms with Crippen LogP contribution in [-0.2, 0) is 16.0 Å². The number of nitrogens with one attached hydrogen (secondary N) is 1. The van der Waals surface area contributed by atoms with Gasteiger partial charge in [0.1, 0.15) is 0 Å². The van der Waals surface area contributed by atoms with Crippen LogP contribution in [0.2, 0.25) is 0 Å². The van der Waals surface area contributed by atoms with E-state index in [0.717, 1.165) is 29.1 Å². The van der Waals surface area contributed by atoms with E-state index >= 15 is 0 Å². The molecular formula is C14H14N2O2S2. The van der Waals surface area contributed by atoms with E-state index < -0.39 is 0 Å². The number of thioether (sulfide) groups is 1. The minimum atomic E-state index is -0.0950. The molecule has 1 N–H and O–H groups in total. The van der Waals surface area contributed by atoms with Crippen LogP contribution in [0.1, 0.15) is 17.5 Å². The molecule has 104 valence electrons. The zero-order valence-electron chi connectivity index (χ0n) is 11.0. The number of aromatic nitrogens is 1. The molecule has 2 heterocycles. The normalized spacial score (nSPS) is 24.1. The minimum absolute atomic E-state index is 0.0950. The van der Waals surface area contributed by atoms with Gasteiger partial charge in [-0.05, 0) is 24.3 Å². The molecule has 1 aromatic rings. The Kier molecular flexibility index (Phi) is 3.76. The fraction of sp³-hybridized carbons (Fsp3) is 0.357. The van der Waals surface area contributed by atoms with Gasteiger partial charge in [0.25, 0.3) is 0 Å². The van der Waals surface area contributed by atoms with Crippen LogP contribution in [0.25, 0.3) is 6.08 Å². The number of fused-ring (bicyclic) bond motifs is 1. The average molecular weight is 306 g/mol. The van der Waals surface area contributed by atoms with Crippen LogP contribution in [0.15, 0.2) is 17.1 Å². The average Bonchev–Trinajstić information content (AvgIpc) is 3.02. The summed E-state index contributed by atoms with van der Waals surface area (Å²) in [6, 6.07) is 0. The van der Waals surface area contributed by atoms with Crippen molar-refractivity contribution in [1.29, 1.82) is 0 Å². The van der Waals surface area contributed by atoms with Crippen molar-refractivity contribution in [3.8, 4) is 0 Å². The number of amides is 1. The first-order valence-corrected chi connectivity index (χ1v) is 8.21. The van der Waals surface area contributed by atoms with Crippen LogP contribution < -0.4 is 5.32 Å². The lowest BCUT2D eigenvalue weighted by molar-refractivity contribution is -0.114. The first kappa shape index (κ1) is 13.6. The van der Waals surface area contributed by atoms with Crippen molar-refractivity contribution in [2.75, 3.05) is 11.1 Å². The van der Waals surface area contributed by atoms with Gasteiger partial charge in [0.05, 0.1) is 5.69 Å². The van der Waals surface area contributed by atoms with Crippen molar-refractivity contribution >= 4 is 46.5 Å². The number of carbonyl (C=O) groups excluding carboxylic acids is 2. The predicted molar refractivity (Wildman–Crippen MR) is 82.7 cm³/mol. The molecule has 4 nitrogen and oxygen atoms in total. The van der Waals surface area contributed by atoms with E-state index in [1.807, 2.05) is 6.08 Å². The first-order valence-electron chi connectivity index (χ1n) is 6.41. The lowest BCUT2D eigenvalue weighted by atomic mass is 9.86. The van der Waals surface area contributed by atoms with Gasteiger partial charge in [-0.15, -0.1) is 23.1 Å². The highest BCUT2D eigenvalue weighted by Crippen LogP contribution is 2.39. The quantitative estimate of drug-likeness (QED) is 0.872. The van der Waals surface area contributed by atoms with Crippen molar-refractivity contribution < 1.29 is 9.59 Å². The number of aldehydes is 1. The smallest absolute Gasteiger partial charge is 0.223 e. The highest BCUT2D eigenvalue weighted by atomic mass is 32.2. The van der Waals surface area contributed by atoms with E-state index in [1.54, 1.807) is 23.1 Å². The van der Waals surface area contributed by atoms with Gasteiger partial charge in [0, 0.05) is 22.5 Å². The molecule has 2 unspecified atom stereocenters. The summed E-state index contributed by atoms with van der Waals surface area (Å²) >= 11 is 3.17. The molecule has 1 aliphatic carbocycles. The minimum Gasteiger partial charge on any atom is -0.302 e. The topological polar surface area (TPSA) is 59.1 Å². The van der Waals surface area contributed by atoms with E-state index in [0.29, 0.717) is 17.0 Å². The lowest BCUT2D eigenvalue weighted by Crippen LogP contribution is -2.15. The molecule has 1 aliphatic heterocycles. The molecule has 0 spiro atoms. The van der Waals surface area contributed by atoms with Gasteiger partial charge in [0.15, 0.2) is 11.4 Å². The Morgan fingerprint density at radius 1 is 1.50 bits per heavy atom. The highest BCUT2D eigenvalue weighted by molar-refractivity contribution is 8.04. The summed E-state index contributed by atoms with van der Waals surface area (Å²) in [5, 5.41) is 3.40. The van der Waals surface area contributed by atoms with E-state index in [9.17, 15) is 9.59 Å². The molecule has 2 aliphatic rings. The van der Waals surface area contributed by atoms with Crippen LogP contribution >= 0.6 is 23.1 Å². The Labute approximate surface area is 125 Å². The summed E-state index contributed by atoms with van der Waals surface area (Å²) in [7, 11) is 0. The molecule has 0 saturated heterocycles. The van der Waals surface area contributed by atoms with Crippen LogP contribution in [0.4, 0.5) is 5.13 Å². The molecule has 0 fully saturated rings. The molecule has 0 radical (unpaired) electrons. The van der Waals surface area contributed by atoms with Crippen LogP contribution in [0, 0.1) is 11.8 Å². The molecule has 0 saturated carbocycles. The van der Waals surface area contributed by atoms with Gasteiger partial charge in [-0.25, -0.2) is 4.98 Å². The molecule has 0 bridgehead atoms. The molecule has 3 rings (SSSR count). The third-order valence-corrected chi connectivity index (χ3v) is 5.55. The second kappa shape index (κ2) is 5.54. The van der Waals surface area contributed by atoms with E-state index in [4.69, 9.17) is 0 Å². The van der Waals surface area contributed by atoms with Gasteiger partial charge in [-0.2, -0.15) is 0 Å². The summed E-state index contributed by atoms with van der Waals surface area (Å²) in [6.45, 7) is 1.49. The number of allylic oxidation sites excluding steroid dienone is 3. The Hall–Kier alpha value is -1.40. The van der Waals surface area contributed by atoms with Gasteiger partial charge in [0.2, 0.25) is 5.91 Å². The van der Waals surface area contributed by atoms with Crippen molar-refractivity contribution in [3.63, 3.8) is 0 Å². The summed E-state index contributed by atoms with van der Waals surface area (Å²) in [5.41, 5.74) is 0.959. The second-order valence-corrected chi connectivity index (χ2v) is 7.07. The molecule has 0 aromatic carbocycles. The molecule has 2 atom stereocenters. The summed E-state index contributed by atoms with van der Waals surface area (Å²) in [4.78, 5) is 28.3. The Morgan fingerprint density at radius 3 is 3.05 bits per heavy atom. The fourth-order valence-electron chi connectivity index (χ4n) is 2.46. The third kappa shape index (κ3) is 2.71. The van der Waals surface area contributed by atoms with Crippen molar-refractivity contribution in [2.24, 2.45) is 11.8 Å². The maximum atomic E-state index is 11.1. The number of thiazole rings is 1. The summed E-state index contributed by atoms with van der Waals surface area (Å²) < 4.78 is 0. The second-order valence-electron chi connectivity index (χ2n) is 4.90. The van der Waals surface area contributed by atoms with Gasteiger partial charge in [-0.1, -0.05) is 12.2 Å².